The van der Waals surface area contributed by atoms with E-state index in [4.69, 9.17) is 9.47 Å². The molecule has 0 aliphatic heterocycles. The normalized spacial score (nSPS) is 11.3. The largest absolute Gasteiger partial charge is 0.462 e. The van der Waals surface area contributed by atoms with E-state index >= 15 is 0 Å². The number of hydrogen-bond donors (Lipinski definition) is 0. The molecule has 0 fully saturated rings. The van der Waals surface area contributed by atoms with Crippen LogP contribution in [0.15, 0.2) is 47.5 Å². The topological polar surface area (TPSA) is 101 Å². The summed E-state index contributed by atoms with van der Waals surface area (Å²) < 4.78 is 13.3. The average Bonchev–Trinajstić information content (AvgIpc) is 3.18. The molecule has 0 aliphatic carbocycles. The standard InChI is InChI=1S/C21H21N5O4/c1-3-4-11-30-20(28)14-5-7-15(8-6-14)25-10-9-17-16(19(25)27)12-22-21-23-18(13-29-2)24-26(17)21/h5-10,12H,3-4,11,13H2,1-2H3. The summed E-state index contributed by atoms with van der Waals surface area (Å²) in [5.41, 5.74) is 1.43. The molecule has 1 aromatic carbocycles. The van der Waals surface area contributed by atoms with Crippen molar-refractivity contribution in [1.82, 2.24) is 24.1 Å². The van der Waals surface area contributed by atoms with Crippen LogP contribution >= 0.6 is 0 Å². The van der Waals surface area contributed by atoms with Crippen molar-refractivity contribution >= 4 is 22.6 Å². The summed E-state index contributed by atoms with van der Waals surface area (Å²) in [6.45, 7) is 2.69. The number of pyridine rings is 1. The summed E-state index contributed by atoms with van der Waals surface area (Å²) in [6, 6.07) is 8.50. The number of rotatable bonds is 7. The molecule has 0 saturated carbocycles. The number of benzene rings is 1. The lowest BCUT2D eigenvalue weighted by Gasteiger charge is -2.09. The Balaban J connectivity index is 1.67. The van der Waals surface area contributed by atoms with Crippen molar-refractivity contribution < 1.29 is 14.3 Å². The Bertz CT molecular complexity index is 1260. The van der Waals surface area contributed by atoms with Crippen LogP contribution in [0, 0.1) is 0 Å². The zero-order chi connectivity index (χ0) is 21.1. The van der Waals surface area contributed by atoms with Gasteiger partial charge in [-0.3, -0.25) is 9.36 Å². The molecule has 0 N–H and O–H groups in total. The lowest BCUT2D eigenvalue weighted by atomic mass is 10.2. The van der Waals surface area contributed by atoms with Gasteiger partial charge < -0.3 is 9.47 Å². The van der Waals surface area contributed by atoms with Crippen LogP contribution in [0.4, 0.5) is 0 Å². The van der Waals surface area contributed by atoms with Gasteiger partial charge in [0.15, 0.2) is 5.82 Å². The first-order valence-electron chi connectivity index (χ1n) is 9.65. The van der Waals surface area contributed by atoms with Crippen LogP contribution in [0.1, 0.15) is 35.9 Å². The van der Waals surface area contributed by atoms with Crippen LogP contribution in [0.3, 0.4) is 0 Å². The molecule has 4 rings (SSSR count). The van der Waals surface area contributed by atoms with Gasteiger partial charge in [-0.1, -0.05) is 13.3 Å². The van der Waals surface area contributed by atoms with E-state index in [0.717, 1.165) is 12.8 Å². The van der Waals surface area contributed by atoms with Crippen LogP contribution in [0.5, 0.6) is 0 Å². The Morgan fingerprint density at radius 3 is 2.70 bits per heavy atom. The Labute approximate surface area is 171 Å². The molecule has 0 amide bonds. The van der Waals surface area contributed by atoms with E-state index in [1.165, 1.54) is 15.3 Å². The van der Waals surface area contributed by atoms with Crippen molar-refractivity contribution in [2.24, 2.45) is 0 Å². The fraction of sp³-hybridized carbons (Fsp3) is 0.286. The summed E-state index contributed by atoms with van der Waals surface area (Å²) in [5, 5.41) is 4.76. The monoisotopic (exact) mass is 407 g/mol. The van der Waals surface area contributed by atoms with Gasteiger partial charge in [-0.25, -0.2) is 9.78 Å². The van der Waals surface area contributed by atoms with Crippen LogP contribution in [-0.4, -0.2) is 43.8 Å². The van der Waals surface area contributed by atoms with Crippen molar-refractivity contribution in [3.63, 3.8) is 0 Å². The molecular formula is C21H21N5O4. The van der Waals surface area contributed by atoms with Crippen LogP contribution in [-0.2, 0) is 16.1 Å². The van der Waals surface area contributed by atoms with Gasteiger partial charge in [0.25, 0.3) is 11.3 Å². The van der Waals surface area contributed by atoms with Gasteiger partial charge >= 0.3 is 5.97 Å². The van der Waals surface area contributed by atoms with E-state index < -0.39 is 0 Å². The molecule has 0 saturated heterocycles. The zero-order valence-corrected chi connectivity index (χ0v) is 16.7. The van der Waals surface area contributed by atoms with E-state index in [9.17, 15) is 9.59 Å². The molecule has 0 radical (unpaired) electrons. The first-order chi connectivity index (χ1) is 14.6. The van der Waals surface area contributed by atoms with E-state index in [2.05, 4.69) is 15.1 Å². The maximum atomic E-state index is 13.0. The highest BCUT2D eigenvalue weighted by Crippen LogP contribution is 2.14. The average molecular weight is 407 g/mol. The number of carbonyl (C=O) groups is 1. The van der Waals surface area contributed by atoms with Crippen molar-refractivity contribution in [3.8, 4) is 5.69 Å². The number of methoxy groups -OCH3 is 1. The number of unbranched alkanes of at least 4 members (excludes halogenated alkanes) is 1. The molecular weight excluding hydrogens is 386 g/mol. The number of ether oxygens (including phenoxy) is 2. The second-order valence-corrected chi connectivity index (χ2v) is 6.76. The molecule has 3 aromatic heterocycles. The molecule has 30 heavy (non-hydrogen) atoms. The zero-order valence-electron chi connectivity index (χ0n) is 16.7. The predicted molar refractivity (Wildman–Crippen MR) is 110 cm³/mol. The summed E-state index contributed by atoms with van der Waals surface area (Å²) in [7, 11) is 1.56. The van der Waals surface area contributed by atoms with E-state index in [-0.39, 0.29) is 18.1 Å². The number of hydrogen-bond acceptors (Lipinski definition) is 7. The van der Waals surface area contributed by atoms with Gasteiger partial charge in [0.1, 0.15) is 6.61 Å². The van der Waals surface area contributed by atoms with Crippen molar-refractivity contribution in [1.29, 1.82) is 0 Å². The first-order valence-corrected chi connectivity index (χ1v) is 9.65. The number of esters is 1. The second-order valence-electron chi connectivity index (χ2n) is 6.76. The molecule has 0 bridgehead atoms. The Morgan fingerprint density at radius 2 is 1.97 bits per heavy atom. The Kier molecular flexibility index (Phi) is 5.53. The van der Waals surface area contributed by atoms with Gasteiger partial charge in [0.05, 0.1) is 23.1 Å². The van der Waals surface area contributed by atoms with Gasteiger partial charge in [-0.15, -0.1) is 5.10 Å². The molecule has 0 spiro atoms. The highest BCUT2D eigenvalue weighted by Gasteiger charge is 2.13. The lowest BCUT2D eigenvalue weighted by Crippen LogP contribution is -2.19. The molecule has 9 heteroatoms. The van der Waals surface area contributed by atoms with E-state index in [1.54, 1.807) is 43.6 Å². The molecule has 154 valence electrons. The van der Waals surface area contributed by atoms with Gasteiger partial charge in [0.2, 0.25) is 0 Å². The fourth-order valence-corrected chi connectivity index (χ4v) is 3.10. The van der Waals surface area contributed by atoms with Crippen molar-refractivity contribution in [2.45, 2.75) is 26.4 Å². The quantitative estimate of drug-likeness (QED) is 0.343. The third-order valence-electron chi connectivity index (χ3n) is 4.66. The minimum atomic E-state index is -0.370. The Morgan fingerprint density at radius 1 is 1.17 bits per heavy atom. The van der Waals surface area contributed by atoms with Gasteiger partial charge in [0, 0.05) is 25.2 Å². The summed E-state index contributed by atoms with van der Waals surface area (Å²) in [6.07, 6.45) is 4.95. The maximum Gasteiger partial charge on any atom is 0.338 e. The van der Waals surface area contributed by atoms with E-state index in [0.29, 0.717) is 40.4 Å². The predicted octanol–water partition coefficient (Wildman–Crippen LogP) is 2.53. The highest BCUT2D eigenvalue weighted by atomic mass is 16.5. The third kappa shape index (κ3) is 3.67. The third-order valence-corrected chi connectivity index (χ3v) is 4.66. The molecule has 0 unspecified atom stereocenters. The number of aromatic nitrogens is 5. The van der Waals surface area contributed by atoms with Crippen molar-refractivity contribution in [3.05, 3.63) is 64.5 Å². The summed E-state index contributed by atoms with van der Waals surface area (Å²) >= 11 is 0. The molecule has 3 heterocycles. The molecule has 9 nitrogen and oxygen atoms in total. The summed E-state index contributed by atoms with van der Waals surface area (Å²) in [4.78, 5) is 33.6. The smallest absolute Gasteiger partial charge is 0.338 e. The molecule has 4 aromatic rings. The maximum absolute atomic E-state index is 13.0. The minimum Gasteiger partial charge on any atom is -0.462 e. The molecule has 0 atom stereocenters. The summed E-state index contributed by atoms with van der Waals surface area (Å²) in [5.74, 6) is 0.520. The molecule has 0 aliphatic rings. The minimum absolute atomic E-state index is 0.246. The number of nitrogens with zero attached hydrogens (tertiary/aromatic N) is 5. The SMILES string of the molecule is CCCCOC(=O)c1ccc(-n2ccc3c(cnc4nc(COC)nn43)c2=O)cc1. The number of carbonyl (C=O) groups excluding carboxylic acids is 1. The fourth-order valence-electron chi connectivity index (χ4n) is 3.10. The van der Waals surface area contributed by atoms with Crippen LogP contribution in [0.25, 0.3) is 22.4 Å². The second kappa shape index (κ2) is 8.42. The van der Waals surface area contributed by atoms with Crippen LogP contribution < -0.4 is 5.56 Å². The van der Waals surface area contributed by atoms with Gasteiger partial charge in [-0.2, -0.15) is 9.50 Å². The highest BCUT2D eigenvalue weighted by molar-refractivity contribution is 5.89. The lowest BCUT2D eigenvalue weighted by molar-refractivity contribution is 0.0500. The van der Waals surface area contributed by atoms with Crippen molar-refractivity contribution in [2.75, 3.05) is 13.7 Å². The van der Waals surface area contributed by atoms with Crippen LogP contribution in [0.2, 0.25) is 0 Å². The first kappa shape index (κ1) is 19.7. The Hall–Kier alpha value is -3.59. The van der Waals surface area contributed by atoms with E-state index in [1.807, 2.05) is 6.92 Å². The van der Waals surface area contributed by atoms with Gasteiger partial charge in [-0.05, 0) is 36.8 Å². The number of fused-ring (bicyclic) bond motifs is 3.